The maximum Gasteiger partial charge on any atom is 0.339 e. The van der Waals surface area contributed by atoms with Crippen LogP contribution < -0.4 is 11.1 Å². The molecular weight excluding hydrogens is 272 g/mol. The molecule has 0 aliphatic carbocycles. The highest BCUT2D eigenvalue weighted by Crippen LogP contribution is 2.23. The van der Waals surface area contributed by atoms with E-state index in [0.717, 1.165) is 0 Å². The maximum absolute atomic E-state index is 12.0. The summed E-state index contributed by atoms with van der Waals surface area (Å²) >= 11 is 0. The van der Waals surface area contributed by atoms with Crippen LogP contribution in [0.4, 0.5) is 5.69 Å². The van der Waals surface area contributed by atoms with E-state index in [-0.39, 0.29) is 0 Å². The predicted octanol–water partition coefficient (Wildman–Crippen LogP) is 1.86. The average Bonchev–Trinajstić information content (AvgIpc) is 2.43. The Bertz CT molecular complexity index is 535. The lowest BCUT2D eigenvalue weighted by Crippen LogP contribution is -2.31. The second kappa shape index (κ2) is 6.58. The van der Waals surface area contributed by atoms with E-state index in [4.69, 9.17) is 15.2 Å². The molecule has 0 saturated carbocycles. The molecule has 0 aliphatic rings. The van der Waals surface area contributed by atoms with Crippen LogP contribution in [0.15, 0.2) is 18.2 Å². The number of benzene rings is 1. The van der Waals surface area contributed by atoms with E-state index in [9.17, 15) is 9.59 Å². The van der Waals surface area contributed by atoms with Gasteiger partial charge in [-0.25, -0.2) is 9.59 Å². The zero-order valence-corrected chi connectivity index (χ0v) is 13.0. The van der Waals surface area contributed by atoms with E-state index in [1.807, 2.05) is 0 Å². The van der Waals surface area contributed by atoms with Gasteiger partial charge in [0.25, 0.3) is 0 Å². The van der Waals surface area contributed by atoms with Gasteiger partial charge in [-0.15, -0.1) is 0 Å². The topological polar surface area (TPSA) is 90.6 Å². The average molecular weight is 294 g/mol. The number of carbonyl (C=O) groups excluding carboxylic acids is 2. The van der Waals surface area contributed by atoms with Crippen molar-refractivity contribution in [1.29, 1.82) is 0 Å². The molecule has 0 radical (unpaired) electrons. The third-order valence-corrected chi connectivity index (χ3v) is 2.74. The number of carbonyl (C=O) groups is 2. The van der Waals surface area contributed by atoms with Gasteiger partial charge in [-0.3, -0.25) is 0 Å². The van der Waals surface area contributed by atoms with Gasteiger partial charge < -0.3 is 20.5 Å². The lowest BCUT2D eigenvalue weighted by molar-refractivity contribution is -0.156. The molecule has 0 aromatic heterocycles. The van der Waals surface area contributed by atoms with Gasteiger partial charge in [-0.05, 0) is 38.5 Å². The van der Waals surface area contributed by atoms with Crippen LogP contribution in [0.25, 0.3) is 0 Å². The van der Waals surface area contributed by atoms with E-state index < -0.39 is 23.6 Å². The quantitative estimate of drug-likeness (QED) is 0.824. The smallest absolute Gasteiger partial charge is 0.339 e. The Labute approximate surface area is 124 Å². The molecule has 1 rings (SSSR count). The minimum absolute atomic E-state index is 0.316. The van der Waals surface area contributed by atoms with Crippen molar-refractivity contribution in [2.24, 2.45) is 5.73 Å². The molecule has 6 heteroatoms. The number of nitrogens with two attached hydrogens (primary N) is 1. The van der Waals surface area contributed by atoms with Crippen LogP contribution in [-0.2, 0) is 14.3 Å². The Hall–Kier alpha value is -2.08. The lowest BCUT2D eigenvalue weighted by Gasteiger charge is -2.22. The molecule has 1 unspecified atom stereocenters. The summed E-state index contributed by atoms with van der Waals surface area (Å²) in [7, 11) is 2.98. The zero-order valence-electron chi connectivity index (χ0n) is 13.0. The Morgan fingerprint density at radius 1 is 1.29 bits per heavy atom. The van der Waals surface area contributed by atoms with Gasteiger partial charge in [0.1, 0.15) is 11.6 Å². The first-order valence-corrected chi connectivity index (χ1v) is 6.58. The van der Waals surface area contributed by atoms with E-state index in [1.54, 1.807) is 40.0 Å². The molecule has 0 bridgehead atoms. The van der Waals surface area contributed by atoms with Crippen LogP contribution in [0.2, 0.25) is 0 Å². The van der Waals surface area contributed by atoms with Crippen LogP contribution in [0.3, 0.4) is 0 Å². The second-order valence-corrected chi connectivity index (χ2v) is 5.56. The van der Waals surface area contributed by atoms with Crippen LogP contribution in [0, 0.1) is 0 Å². The normalized spacial score (nSPS) is 12.5. The molecule has 6 nitrogen and oxygen atoms in total. The number of esters is 2. The van der Waals surface area contributed by atoms with Crippen molar-refractivity contribution in [3.05, 3.63) is 29.3 Å². The van der Waals surface area contributed by atoms with Gasteiger partial charge in [0, 0.05) is 12.7 Å². The Balaban J connectivity index is 3.08. The zero-order chi connectivity index (χ0) is 16.2. The second-order valence-electron chi connectivity index (χ2n) is 5.56. The number of ether oxygens (including phenoxy) is 2. The minimum Gasteiger partial charge on any atom is -0.465 e. The van der Waals surface area contributed by atoms with E-state index >= 15 is 0 Å². The third kappa shape index (κ3) is 4.46. The summed E-state index contributed by atoms with van der Waals surface area (Å²) in [6, 6.07) is 3.92. The summed E-state index contributed by atoms with van der Waals surface area (Å²) in [5.41, 5.74) is 6.69. The monoisotopic (exact) mass is 294 g/mol. The number of hydrogen-bond donors (Lipinski definition) is 2. The largest absolute Gasteiger partial charge is 0.465 e. The van der Waals surface area contributed by atoms with Gasteiger partial charge in [0.15, 0.2) is 0 Å². The Morgan fingerprint density at radius 3 is 2.38 bits per heavy atom. The van der Waals surface area contributed by atoms with Crippen molar-refractivity contribution in [2.75, 3.05) is 19.5 Å². The van der Waals surface area contributed by atoms with Crippen molar-refractivity contribution in [3.8, 4) is 0 Å². The molecule has 116 valence electrons. The fraction of sp³-hybridized carbons (Fsp3) is 0.467. The summed E-state index contributed by atoms with van der Waals surface area (Å²) < 4.78 is 9.96. The van der Waals surface area contributed by atoms with E-state index in [2.05, 4.69) is 5.32 Å². The molecule has 0 heterocycles. The lowest BCUT2D eigenvalue weighted by atomic mass is 10.0. The molecule has 1 atom stereocenters. The van der Waals surface area contributed by atoms with Crippen molar-refractivity contribution in [2.45, 2.75) is 32.4 Å². The number of anilines is 1. The molecular formula is C15H22N2O4. The number of methoxy groups -OCH3 is 1. The highest BCUT2D eigenvalue weighted by molar-refractivity contribution is 5.96. The summed E-state index contributed by atoms with van der Waals surface area (Å²) in [5.74, 6) is -1.05. The van der Waals surface area contributed by atoms with Gasteiger partial charge in [-0.1, -0.05) is 6.07 Å². The summed E-state index contributed by atoms with van der Waals surface area (Å²) in [5, 5.41) is 2.89. The number of hydrogen-bond acceptors (Lipinski definition) is 6. The van der Waals surface area contributed by atoms with Crippen LogP contribution >= 0.6 is 0 Å². The minimum atomic E-state index is -0.960. The number of rotatable bonds is 4. The predicted molar refractivity (Wildman–Crippen MR) is 80.1 cm³/mol. The Kier molecular flexibility index (Phi) is 5.32. The Morgan fingerprint density at radius 2 is 1.90 bits per heavy atom. The summed E-state index contributed by atoms with van der Waals surface area (Å²) in [6.45, 7) is 5.30. The molecule has 0 fully saturated rings. The van der Waals surface area contributed by atoms with Gasteiger partial charge in [-0.2, -0.15) is 0 Å². The first kappa shape index (κ1) is 17.0. The van der Waals surface area contributed by atoms with Gasteiger partial charge in [0.2, 0.25) is 0 Å². The molecule has 0 spiro atoms. The van der Waals surface area contributed by atoms with Gasteiger partial charge >= 0.3 is 11.9 Å². The van der Waals surface area contributed by atoms with Crippen molar-refractivity contribution >= 4 is 17.6 Å². The highest BCUT2D eigenvalue weighted by Gasteiger charge is 2.24. The van der Waals surface area contributed by atoms with Crippen LogP contribution in [-0.4, -0.2) is 31.7 Å². The van der Waals surface area contributed by atoms with E-state index in [1.165, 1.54) is 13.2 Å². The fourth-order valence-electron chi connectivity index (χ4n) is 1.75. The summed E-state index contributed by atoms with van der Waals surface area (Å²) in [4.78, 5) is 23.7. The first-order valence-electron chi connectivity index (χ1n) is 6.58. The first-order chi connectivity index (χ1) is 9.69. The molecule has 1 aromatic carbocycles. The van der Waals surface area contributed by atoms with Crippen LogP contribution in [0.1, 0.15) is 42.7 Å². The molecule has 0 saturated heterocycles. The molecule has 3 N–H and O–H groups in total. The van der Waals surface area contributed by atoms with Gasteiger partial charge in [0.05, 0.1) is 12.7 Å². The molecule has 1 aromatic rings. The summed E-state index contributed by atoms with van der Waals surface area (Å²) in [6.07, 6.45) is 0. The highest BCUT2D eigenvalue weighted by atomic mass is 16.6. The SMILES string of the molecule is CNc1ccc(C(N)C(=O)OC(C)(C)C)cc1C(=O)OC. The fourth-order valence-corrected chi connectivity index (χ4v) is 1.75. The van der Waals surface area contributed by atoms with Crippen molar-refractivity contribution in [3.63, 3.8) is 0 Å². The van der Waals surface area contributed by atoms with Crippen molar-refractivity contribution < 1.29 is 19.1 Å². The molecule has 0 amide bonds. The molecule has 21 heavy (non-hydrogen) atoms. The maximum atomic E-state index is 12.0. The van der Waals surface area contributed by atoms with E-state index in [0.29, 0.717) is 16.8 Å². The molecule has 0 aliphatic heterocycles. The third-order valence-electron chi connectivity index (χ3n) is 2.74. The van der Waals surface area contributed by atoms with Crippen LogP contribution in [0.5, 0.6) is 0 Å². The standard InChI is InChI=1S/C15H22N2O4/c1-15(2,3)21-14(19)12(16)9-6-7-11(17-4)10(8-9)13(18)20-5/h6-8,12,17H,16H2,1-5H3. The number of nitrogens with one attached hydrogen (secondary N) is 1. The van der Waals surface area contributed by atoms with Crippen molar-refractivity contribution in [1.82, 2.24) is 0 Å².